The van der Waals surface area contributed by atoms with Gasteiger partial charge in [0, 0.05) is 37.9 Å². The Balaban J connectivity index is 1.49. The van der Waals surface area contributed by atoms with E-state index < -0.39 is 0 Å². The SMILES string of the molecule is Cc1ccc(Nc2cc(N3CCN(c4ccccc4F)CC3)nc(C)n2)c(C)c1. The highest BCUT2D eigenvalue weighted by molar-refractivity contribution is 5.63. The maximum Gasteiger partial charge on any atom is 0.146 e. The van der Waals surface area contributed by atoms with Crippen molar-refractivity contribution in [2.75, 3.05) is 41.3 Å². The molecule has 1 saturated heterocycles. The van der Waals surface area contributed by atoms with Crippen LogP contribution in [0, 0.1) is 26.6 Å². The van der Waals surface area contributed by atoms with Gasteiger partial charge < -0.3 is 15.1 Å². The molecule has 0 radical (unpaired) electrons. The minimum Gasteiger partial charge on any atom is -0.366 e. The first-order chi connectivity index (χ1) is 14.0. The second-order valence-electron chi connectivity index (χ2n) is 7.53. The zero-order chi connectivity index (χ0) is 20.4. The summed E-state index contributed by atoms with van der Waals surface area (Å²) in [6, 6.07) is 15.3. The van der Waals surface area contributed by atoms with Crippen LogP contribution < -0.4 is 15.1 Å². The summed E-state index contributed by atoms with van der Waals surface area (Å²) in [5.74, 6) is 2.25. The first kappa shape index (κ1) is 19.2. The summed E-state index contributed by atoms with van der Waals surface area (Å²) in [5, 5.41) is 3.42. The van der Waals surface area contributed by atoms with Crippen LogP contribution in [0.25, 0.3) is 0 Å². The van der Waals surface area contributed by atoms with Gasteiger partial charge in [0.2, 0.25) is 0 Å². The highest BCUT2D eigenvalue weighted by Crippen LogP contribution is 2.25. The molecule has 2 heterocycles. The highest BCUT2D eigenvalue weighted by Gasteiger charge is 2.21. The van der Waals surface area contributed by atoms with Crippen molar-refractivity contribution in [1.82, 2.24) is 9.97 Å². The number of hydrogen-bond acceptors (Lipinski definition) is 5. The van der Waals surface area contributed by atoms with Gasteiger partial charge in [-0.1, -0.05) is 29.8 Å². The van der Waals surface area contributed by atoms with Gasteiger partial charge in [-0.05, 0) is 44.5 Å². The minimum atomic E-state index is -0.168. The van der Waals surface area contributed by atoms with Gasteiger partial charge in [-0.25, -0.2) is 14.4 Å². The minimum absolute atomic E-state index is 0.168. The first-order valence-corrected chi connectivity index (χ1v) is 9.94. The third kappa shape index (κ3) is 4.31. The van der Waals surface area contributed by atoms with Crippen LogP contribution in [-0.4, -0.2) is 36.1 Å². The van der Waals surface area contributed by atoms with Crippen molar-refractivity contribution in [3.63, 3.8) is 0 Å². The molecular formula is C23H26FN5. The number of nitrogens with zero attached hydrogens (tertiary/aromatic N) is 4. The number of aromatic nitrogens is 2. The lowest BCUT2D eigenvalue weighted by Gasteiger charge is -2.37. The third-order valence-corrected chi connectivity index (χ3v) is 5.27. The number of anilines is 4. The highest BCUT2D eigenvalue weighted by atomic mass is 19.1. The molecule has 0 atom stereocenters. The molecule has 0 saturated carbocycles. The van der Waals surface area contributed by atoms with E-state index in [1.165, 1.54) is 17.2 Å². The van der Waals surface area contributed by atoms with Crippen molar-refractivity contribution in [1.29, 1.82) is 0 Å². The maximum atomic E-state index is 14.1. The van der Waals surface area contributed by atoms with Crippen LogP contribution in [0.1, 0.15) is 17.0 Å². The van der Waals surface area contributed by atoms with Crippen LogP contribution in [0.5, 0.6) is 0 Å². The lowest BCUT2D eigenvalue weighted by atomic mass is 10.1. The molecule has 1 aromatic heterocycles. The summed E-state index contributed by atoms with van der Waals surface area (Å²) in [7, 11) is 0. The number of rotatable bonds is 4. The van der Waals surface area contributed by atoms with Crippen molar-refractivity contribution in [2.24, 2.45) is 0 Å². The number of benzene rings is 2. The van der Waals surface area contributed by atoms with Crippen molar-refractivity contribution in [3.8, 4) is 0 Å². The van der Waals surface area contributed by atoms with Crippen molar-refractivity contribution >= 4 is 23.0 Å². The fraction of sp³-hybridized carbons (Fsp3) is 0.304. The molecule has 5 nitrogen and oxygen atoms in total. The lowest BCUT2D eigenvalue weighted by Crippen LogP contribution is -2.47. The van der Waals surface area contributed by atoms with Gasteiger partial charge in [0.1, 0.15) is 23.3 Å². The smallest absolute Gasteiger partial charge is 0.146 e. The van der Waals surface area contributed by atoms with Crippen molar-refractivity contribution in [3.05, 3.63) is 71.3 Å². The quantitative estimate of drug-likeness (QED) is 0.704. The summed E-state index contributed by atoms with van der Waals surface area (Å²) in [4.78, 5) is 13.5. The molecule has 29 heavy (non-hydrogen) atoms. The summed E-state index contributed by atoms with van der Waals surface area (Å²) in [6.07, 6.45) is 0. The van der Waals surface area contributed by atoms with E-state index in [2.05, 4.69) is 57.1 Å². The van der Waals surface area contributed by atoms with Crippen molar-refractivity contribution in [2.45, 2.75) is 20.8 Å². The number of hydrogen-bond donors (Lipinski definition) is 1. The Hall–Kier alpha value is -3.15. The molecular weight excluding hydrogens is 365 g/mol. The van der Waals surface area contributed by atoms with E-state index in [1.807, 2.05) is 25.1 Å². The number of halogens is 1. The molecule has 0 aliphatic carbocycles. The van der Waals surface area contributed by atoms with Crippen LogP contribution in [0.4, 0.5) is 27.4 Å². The van der Waals surface area contributed by atoms with E-state index in [0.29, 0.717) is 5.69 Å². The largest absolute Gasteiger partial charge is 0.366 e. The van der Waals surface area contributed by atoms with E-state index in [1.54, 1.807) is 6.07 Å². The molecule has 0 spiro atoms. The fourth-order valence-electron chi connectivity index (χ4n) is 3.75. The average molecular weight is 391 g/mol. The van der Waals surface area contributed by atoms with Crippen LogP contribution >= 0.6 is 0 Å². The van der Waals surface area contributed by atoms with Gasteiger partial charge >= 0.3 is 0 Å². The molecule has 2 aromatic carbocycles. The molecule has 0 bridgehead atoms. The number of nitrogens with one attached hydrogen (secondary N) is 1. The normalized spacial score (nSPS) is 14.2. The van der Waals surface area contributed by atoms with Gasteiger partial charge in [-0.2, -0.15) is 0 Å². The Morgan fingerprint density at radius 2 is 1.59 bits per heavy atom. The molecule has 0 unspecified atom stereocenters. The zero-order valence-corrected chi connectivity index (χ0v) is 17.1. The summed E-state index contributed by atoms with van der Waals surface area (Å²) >= 11 is 0. The second-order valence-corrected chi connectivity index (χ2v) is 7.53. The third-order valence-electron chi connectivity index (χ3n) is 5.27. The van der Waals surface area contributed by atoms with Gasteiger partial charge in [-0.3, -0.25) is 0 Å². The maximum absolute atomic E-state index is 14.1. The monoisotopic (exact) mass is 391 g/mol. The second kappa shape index (κ2) is 8.07. The fourth-order valence-corrected chi connectivity index (χ4v) is 3.75. The van der Waals surface area contributed by atoms with E-state index in [4.69, 9.17) is 0 Å². The lowest BCUT2D eigenvalue weighted by molar-refractivity contribution is 0.596. The van der Waals surface area contributed by atoms with Crippen LogP contribution in [0.2, 0.25) is 0 Å². The Bertz CT molecular complexity index is 1010. The van der Waals surface area contributed by atoms with Crippen LogP contribution in [-0.2, 0) is 0 Å². The molecule has 1 fully saturated rings. The summed E-state index contributed by atoms with van der Waals surface area (Å²) in [5.41, 5.74) is 4.13. The number of piperazine rings is 1. The van der Waals surface area contributed by atoms with Gasteiger partial charge in [0.15, 0.2) is 0 Å². The van der Waals surface area contributed by atoms with Gasteiger partial charge in [0.05, 0.1) is 5.69 Å². The standard InChI is InChI=1S/C23H26FN5/c1-16-8-9-20(17(2)14-16)27-22-15-23(26-18(3)25-22)29-12-10-28(11-13-29)21-7-5-4-6-19(21)24/h4-9,14-15H,10-13H2,1-3H3,(H,25,26,27). The molecule has 1 aliphatic rings. The molecule has 4 rings (SSSR count). The molecule has 150 valence electrons. The van der Waals surface area contributed by atoms with Crippen LogP contribution in [0.3, 0.4) is 0 Å². The first-order valence-electron chi connectivity index (χ1n) is 9.94. The number of para-hydroxylation sites is 1. The summed E-state index contributed by atoms with van der Waals surface area (Å²) in [6.45, 7) is 9.17. The van der Waals surface area contributed by atoms with E-state index in [9.17, 15) is 4.39 Å². The Morgan fingerprint density at radius 1 is 0.862 bits per heavy atom. The van der Waals surface area contributed by atoms with Gasteiger partial charge in [0.25, 0.3) is 0 Å². The Labute approximate surface area is 171 Å². The topological polar surface area (TPSA) is 44.3 Å². The van der Waals surface area contributed by atoms with Crippen LogP contribution in [0.15, 0.2) is 48.5 Å². The molecule has 6 heteroatoms. The molecule has 1 N–H and O–H groups in total. The van der Waals surface area contributed by atoms with Gasteiger partial charge in [-0.15, -0.1) is 0 Å². The molecule has 0 amide bonds. The Morgan fingerprint density at radius 3 is 2.31 bits per heavy atom. The predicted molar refractivity (Wildman–Crippen MR) is 117 cm³/mol. The average Bonchev–Trinajstić information content (AvgIpc) is 2.70. The Kier molecular flexibility index (Phi) is 5.34. The van der Waals surface area contributed by atoms with E-state index >= 15 is 0 Å². The number of aryl methyl sites for hydroxylation is 3. The zero-order valence-electron chi connectivity index (χ0n) is 17.1. The molecule has 3 aromatic rings. The summed E-state index contributed by atoms with van der Waals surface area (Å²) < 4.78 is 14.1. The predicted octanol–water partition coefficient (Wildman–Crippen LogP) is 4.61. The molecule has 1 aliphatic heterocycles. The van der Waals surface area contributed by atoms with Crippen molar-refractivity contribution < 1.29 is 4.39 Å². The van der Waals surface area contributed by atoms with E-state index in [-0.39, 0.29) is 5.82 Å². The van der Waals surface area contributed by atoms with E-state index in [0.717, 1.165) is 49.3 Å².